The standard InChI is InChI=1S/C19H14ClNO7/c20-7-1-2-8(22)13-12(7)15(24)6-3-5-4-9(23)14(19(21)28)17(26)10(5)16(25)11(6)18(13)27/h1-2,15-16,22,24-26H,3-4H2,(H2,21,28). The number of fused-ring (bicyclic) bond motifs is 1. The number of carbonyl (C=O) groups excluding carboxylic acids is 3. The summed E-state index contributed by atoms with van der Waals surface area (Å²) in [5.74, 6) is -3.82. The van der Waals surface area contributed by atoms with Crippen LogP contribution in [0.1, 0.15) is 34.9 Å². The summed E-state index contributed by atoms with van der Waals surface area (Å²) in [6.07, 6.45) is -3.51. The van der Waals surface area contributed by atoms with Gasteiger partial charge in [0.2, 0.25) is 0 Å². The fraction of sp³-hybridized carbons (Fsp3) is 0.211. The molecule has 3 aliphatic rings. The van der Waals surface area contributed by atoms with Crippen LogP contribution < -0.4 is 5.73 Å². The van der Waals surface area contributed by atoms with Crippen LogP contribution in [0.3, 0.4) is 0 Å². The molecule has 1 amide bonds. The van der Waals surface area contributed by atoms with Crippen molar-refractivity contribution in [1.29, 1.82) is 0 Å². The summed E-state index contributed by atoms with van der Waals surface area (Å²) in [7, 11) is 0. The summed E-state index contributed by atoms with van der Waals surface area (Å²) in [6.45, 7) is 0. The van der Waals surface area contributed by atoms with Gasteiger partial charge in [-0.1, -0.05) is 11.6 Å². The third kappa shape index (κ3) is 2.29. The van der Waals surface area contributed by atoms with E-state index in [2.05, 4.69) is 0 Å². The van der Waals surface area contributed by atoms with Gasteiger partial charge in [0, 0.05) is 28.2 Å². The average molecular weight is 404 g/mol. The SMILES string of the molecule is NC(=O)C1=C(O)C2=C(CC1=O)CC1=C(C(=O)c3c(O)ccc(Cl)c3C1O)C2O. The molecule has 0 radical (unpaired) electrons. The number of benzene rings is 1. The number of ketones is 2. The molecule has 144 valence electrons. The Balaban J connectivity index is 1.91. The number of primary amides is 1. The normalized spacial score (nSPS) is 24.2. The Kier molecular flexibility index (Phi) is 3.97. The maximum absolute atomic E-state index is 13.0. The van der Waals surface area contributed by atoms with Crippen molar-refractivity contribution in [1.82, 2.24) is 0 Å². The number of aromatic hydroxyl groups is 1. The van der Waals surface area contributed by atoms with E-state index in [0.29, 0.717) is 0 Å². The number of aliphatic hydroxyl groups excluding tert-OH is 3. The smallest absolute Gasteiger partial charge is 0.256 e. The van der Waals surface area contributed by atoms with Gasteiger partial charge in [-0.05, 0) is 29.7 Å². The quantitative estimate of drug-likeness (QED) is 0.436. The van der Waals surface area contributed by atoms with Crippen LogP contribution in [0.2, 0.25) is 5.02 Å². The topological polar surface area (TPSA) is 158 Å². The molecule has 2 unspecified atom stereocenters. The first-order chi connectivity index (χ1) is 13.1. The molecule has 0 bridgehead atoms. The maximum atomic E-state index is 13.0. The monoisotopic (exact) mass is 403 g/mol. The molecule has 1 aromatic rings. The number of aliphatic hydroxyl groups is 3. The summed E-state index contributed by atoms with van der Waals surface area (Å²) in [5, 5.41) is 42.2. The van der Waals surface area contributed by atoms with Crippen LogP contribution in [0.15, 0.2) is 45.8 Å². The van der Waals surface area contributed by atoms with Crippen molar-refractivity contribution in [2.45, 2.75) is 25.0 Å². The van der Waals surface area contributed by atoms with E-state index in [0.717, 1.165) is 0 Å². The third-order valence-electron chi connectivity index (χ3n) is 5.31. The zero-order valence-electron chi connectivity index (χ0n) is 14.2. The molecule has 0 heterocycles. The van der Waals surface area contributed by atoms with Crippen molar-refractivity contribution >= 4 is 29.1 Å². The number of phenolic OH excluding ortho intramolecular Hbond substituents is 1. The van der Waals surface area contributed by atoms with Gasteiger partial charge in [0.05, 0.1) is 5.56 Å². The van der Waals surface area contributed by atoms with Crippen molar-refractivity contribution in [2.24, 2.45) is 5.73 Å². The number of allylic oxidation sites excluding steroid dienone is 1. The Labute approximate surface area is 162 Å². The summed E-state index contributed by atoms with van der Waals surface area (Å²) >= 11 is 6.11. The number of amides is 1. The highest BCUT2D eigenvalue weighted by atomic mass is 35.5. The number of halogens is 1. The number of nitrogens with two attached hydrogens (primary N) is 1. The summed E-state index contributed by atoms with van der Waals surface area (Å²) in [5.41, 5.74) is 4.28. The molecular formula is C19H14ClNO7. The number of rotatable bonds is 1. The molecule has 28 heavy (non-hydrogen) atoms. The van der Waals surface area contributed by atoms with E-state index in [1.165, 1.54) is 12.1 Å². The lowest BCUT2D eigenvalue weighted by Gasteiger charge is -2.37. The van der Waals surface area contributed by atoms with Crippen LogP contribution in [0.4, 0.5) is 0 Å². The molecule has 0 fully saturated rings. The lowest BCUT2D eigenvalue weighted by atomic mass is 9.70. The minimum atomic E-state index is -1.71. The fourth-order valence-corrected chi connectivity index (χ4v) is 4.36. The second-order valence-electron chi connectivity index (χ2n) is 6.81. The van der Waals surface area contributed by atoms with Crippen LogP contribution in [0.25, 0.3) is 0 Å². The Morgan fingerprint density at radius 1 is 1.07 bits per heavy atom. The van der Waals surface area contributed by atoms with Crippen LogP contribution in [-0.4, -0.2) is 44.0 Å². The van der Waals surface area contributed by atoms with E-state index in [9.17, 15) is 34.8 Å². The zero-order chi connectivity index (χ0) is 20.5. The highest BCUT2D eigenvalue weighted by molar-refractivity contribution is 6.33. The average Bonchev–Trinajstić information content (AvgIpc) is 2.60. The van der Waals surface area contributed by atoms with Crippen molar-refractivity contribution in [3.8, 4) is 5.75 Å². The molecule has 4 rings (SSSR count). The van der Waals surface area contributed by atoms with E-state index in [-0.39, 0.29) is 51.3 Å². The predicted molar refractivity (Wildman–Crippen MR) is 95.6 cm³/mol. The Bertz CT molecular complexity index is 1100. The maximum Gasteiger partial charge on any atom is 0.256 e. The molecule has 0 aliphatic heterocycles. The van der Waals surface area contributed by atoms with Crippen LogP contribution in [-0.2, 0) is 9.59 Å². The van der Waals surface area contributed by atoms with Crippen LogP contribution >= 0.6 is 11.6 Å². The van der Waals surface area contributed by atoms with Gasteiger partial charge in [-0.25, -0.2) is 0 Å². The minimum Gasteiger partial charge on any atom is -0.507 e. The molecule has 8 nitrogen and oxygen atoms in total. The second kappa shape index (κ2) is 6.03. The second-order valence-corrected chi connectivity index (χ2v) is 7.22. The minimum absolute atomic E-state index is 0.0152. The molecule has 6 N–H and O–H groups in total. The van der Waals surface area contributed by atoms with Gasteiger partial charge in [-0.15, -0.1) is 0 Å². The van der Waals surface area contributed by atoms with Gasteiger partial charge in [-0.2, -0.15) is 0 Å². The van der Waals surface area contributed by atoms with Gasteiger partial charge >= 0.3 is 0 Å². The lowest BCUT2D eigenvalue weighted by Crippen LogP contribution is -2.37. The number of carbonyl (C=O) groups is 3. The molecule has 9 heteroatoms. The molecule has 2 atom stereocenters. The third-order valence-corrected chi connectivity index (χ3v) is 5.64. The van der Waals surface area contributed by atoms with E-state index < -0.39 is 46.8 Å². The molecule has 1 aromatic carbocycles. The van der Waals surface area contributed by atoms with E-state index in [1.54, 1.807) is 0 Å². The van der Waals surface area contributed by atoms with Crippen molar-refractivity contribution in [2.75, 3.05) is 0 Å². The van der Waals surface area contributed by atoms with Gasteiger partial charge in [-0.3, -0.25) is 14.4 Å². The number of phenols is 1. The molecule has 0 saturated heterocycles. The Morgan fingerprint density at radius 3 is 2.39 bits per heavy atom. The van der Waals surface area contributed by atoms with E-state index in [4.69, 9.17) is 17.3 Å². The molecule has 0 aromatic heterocycles. The first-order valence-electron chi connectivity index (χ1n) is 8.28. The van der Waals surface area contributed by atoms with Crippen LogP contribution in [0.5, 0.6) is 5.75 Å². The Hall–Kier alpha value is -2.94. The summed E-state index contributed by atoms with van der Waals surface area (Å²) < 4.78 is 0. The van der Waals surface area contributed by atoms with Gasteiger partial charge < -0.3 is 26.2 Å². The summed E-state index contributed by atoms with van der Waals surface area (Å²) in [6, 6.07) is 2.53. The largest absolute Gasteiger partial charge is 0.507 e. The first-order valence-corrected chi connectivity index (χ1v) is 8.66. The van der Waals surface area contributed by atoms with Crippen LogP contribution in [0, 0.1) is 0 Å². The predicted octanol–water partition coefficient (Wildman–Crippen LogP) is 0.903. The fourth-order valence-electron chi connectivity index (χ4n) is 4.10. The summed E-state index contributed by atoms with van der Waals surface area (Å²) in [4.78, 5) is 36.7. The van der Waals surface area contributed by atoms with Crippen molar-refractivity contribution in [3.63, 3.8) is 0 Å². The Morgan fingerprint density at radius 2 is 1.75 bits per heavy atom. The molecular weight excluding hydrogens is 390 g/mol. The van der Waals surface area contributed by atoms with Crippen molar-refractivity contribution < 1.29 is 34.8 Å². The van der Waals surface area contributed by atoms with Gasteiger partial charge in [0.25, 0.3) is 5.91 Å². The number of Topliss-reactive ketones (excluding diaryl/α,β-unsaturated/α-hetero) is 2. The molecule has 0 spiro atoms. The highest BCUT2D eigenvalue weighted by Gasteiger charge is 2.46. The first kappa shape index (κ1) is 18.4. The van der Waals surface area contributed by atoms with E-state index in [1.807, 2.05) is 0 Å². The lowest BCUT2D eigenvalue weighted by molar-refractivity contribution is -0.121. The van der Waals surface area contributed by atoms with Gasteiger partial charge in [0.1, 0.15) is 29.3 Å². The van der Waals surface area contributed by atoms with Crippen molar-refractivity contribution in [3.05, 3.63) is 61.9 Å². The van der Waals surface area contributed by atoms with E-state index >= 15 is 0 Å². The number of hydrogen-bond acceptors (Lipinski definition) is 7. The molecule has 3 aliphatic carbocycles. The zero-order valence-corrected chi connectivity index (χ0v) is 14.9. The molecule has 0 saturated carbocycles. The van der Waals surface area contributed by atoms with Gasteiger partial charge in [0.15, 0.2) is 11.6 Å². The number of hydrogen-bond donors (Lipinski definition) is 5. The highest BCUT2D eigenvalue weighted by Crippen LogP contribution is 2.50.